The number of carbonyl (C=O) groups excluding carboxylic acids is 2. The molecule has 144 valence electrons. The maximum absolute atomic E-state index is 12.0. The van der Waals surface area contributed by atoms with Crippen LogP contribution in [0.3, 0.4) is 0 Å². The zero-order valence-corrected chi connectivity index (χ0v) is 19.3. The molecule has 0 atom stereocenters. The van der Waals surface area contributed by atoms with Gasteiger partial charge in [-0.1, -0.05) is 47.3 Å². The van der Waals surface area contributed by atoms with E-state index in [1.54, 1.807) is 0 Å². The van der Waals surface area contributed by atoms with Gasteiger partial charge in [-0.15, -0.1) is 0 Å². The third kappa shape index (κ3) is 11.1. The van der Waals surface area contributed by atoms with Gasteiger partial charge in [0.2, 0.25) is 0 Å². The van der Waals surface area contributed by atoms with Gasteiger partial charge in [-0.25, -0.2) is 8.61 Å². The van der Waals surface area contributed by atoms with E-state index in [0.29, 0.717) is 0 Å². The molecule has 0 amide bonds. The van der Waals surface area contributed by atoms with Gasteiger partial charge in [0, 0.05) is 50.1 Å². The Kier molecular flexibility index (Phi) is 13.0. The Balaban J connectivity index is 1.47. The van der Waals surface area contributed by atoms with Crippen LogP contribution in [0.4, 0.5) is 9.59 Å². The van der Waals surface area contributed by atoms with Crippen molar-refractivity contribution in [3.63, 3.8) is 0 Å². The first kappa shape index (κ1) is 22.6. The topological polar surface area (TPSA) is 40.6 Å². The SMILES string of the molecule is O=C(SSCSSC(=O)SN1CCCCCC1)SN1CCCCCC1. The highest BCUT2D eigenvalue weighted by Crippen LogP contribution is 2.39. The molecule has 0 N–H and O–H groups in total. The molecule has 2 fully saturated rings. The van der Waals surface area contributed by atoms with Crippen molar-refractivity contribution in [2.45, 2.75) is 51.4 Å². The van der Waals surface area contributed by atoms with Crippen LogP contribution < -0.4 is 0 Å². The predicted molar refractivity (Wildman–Crippen MR) is 121 cm³/mol. The molecule has 2 aliphatic rings. The lowest BCUT2D eigenvalue weighted by atomic mass is 10.2. The third-order valence-electron chi connectivity index (χ3n) is 3.89. The van der Waals surface area contributed by atoms with Crippen LogP contribution in [0.5, 0.6) is 0 Å². The molecule has 0 saturated carbocycles. The molecule has 2 saturated heterocycles. The summed E-state index contributed by atoms with van der Waals surface area (Å²) in [7, 11) is 5.67. The first-order valence-electron chi connectivity index (χ1n) is 8.77. The van der Waals surface area contributed by atoms with Gasteiger partial charge in [-0.3, -0.25) is 9.59 Å². The van der Waals surface area contributed by atoms with Crippen LogP contribution in [-0.4, -0.2) is 48.8 Å². The van der Waals surface area contributed by atoms with Gasteiger partial charge >= 0.3 is 0 Å². The van der Waals surface area contributed by atoms with Gasteiger partial charge in [0.05, 0.1) is 5.08 Å². The lowest BCUT2D eigenvalue weighted by Crippen LogP contribution is -2.17. The Morgan fingerprint density at radius 1 is 0.600 bits per heavy atom. The minimum atomic E-state index is 0.155. The highest BCUT2D eigenvalue weighted by atomic mass is 33.1. The van der Waals surface area contributed by atoms with Crippen molar-refractivity contribution in [1.29, 1.82) is 0 Å². The molecule has 0 bridgehead atoms. The summed E-state index contributed by atoms with van der Waals surface area (Å²) in [5.74, 6) is 0. The van der Waals surface area contributed by atoms with Crippen LogP contribution >= 0.6 is 67.1 Å². The van der Waals surface area contributed by atoms with Crippen molar-refractivity contribution in [2.75, 3.05) is 31.3 Å². The van der Waals surface area contributed by atoms with Crippen molar-refractivity contribution in [3.8, 4) is 0 Å². The lowest BCUT2D eigenvalue weighted by Gasteiger charge is -2.16. The summed E-state index contributed by atoms with van der Waals surface area (Å²) in [4.78, 5) is 24.0. The second kappa shape index (κ2) is 14.4. The molecule has 2 aliphatic heterocycles. The maximum atomic E-state index is 12.0. The van der Waals surface area contributed by atoms with Crippen molar-refractivity contribution >= 4 is 76.0 Å². The number of hydrogen-bond acceptors (Lipinski definition) is 10. The van der Waals surface area contributed by atoms with Crippen LogP contribution in [0.15, 0.2) is 0 Å². The molecular weight excluding hydrogens is 433 g/mol. The lowest BCUT2D eigenvalue weighted by molar-refractivity contribution is 0.275. The summed E-state index contributed by atoms with van der Waals surface area (Å²) in [5.41, 5.74) is 0. The predicted octanol–water partition coefficient (Wildman–Crippen LogP) is 7.00. The fourth-order valence-electron chi connectivity index (χ4n) is 2.67. The van der Waals surface area contributed by atoms with E-state index in [9.17, 15) is 9.59 Å². The number of carbonyl (C=O) groups is 2. The fraction of sp³-hybridized carbons (Fsp3) is 0.867. The Morgan fingerprint density at radius 3 is 1.32 bits per heavy atom. The minimum absolute atomic E-state index is 0.155. The van der Waals surface area contributed by atoms with Crippen LogP contribution in [0.25, 0.3) is 0 Å². The number of hydrogen-bond donors (Lipinski definition) is 0. The molecule has 2 heterocycles. The highest BCUT2D eigenvalue weighted by molar-refractivity contribution is 8.92. The summed E-state index contributed by atoms with van der Waals surface area (Å²) >= 11 is 2.73. The van der Waals surface area contributed by atoms with Gasteiger partial charge in [0.1, 0.15) is 0 Å². The molecule has 0 aromatic heterocycles. The maximum Gasteiger partial charge on any atom is 0.271 e. The standard InChI is InChI=1S/C15H26N2O2S6/c18-14(22-16-9-5-1-2-6-10-16)24-20-13-21-25-15(19)23-17-11-7-3-4-8-12-17/h1-13H2. The van der Waals surface area contributed by atoms with Crippen molar-refractivity contribution in [3.05, 3.63) is 0 Å². The molecule has 0 aromatic carbocycles. The zero-order chi connectivity index (χ0) is 17.7. The van der Waals surface area contributed by atoms with Gasteiger partial charge in [-0.05, 0) is 47.3 Å². The van der Waals surface area contributed by atoms with E-state index in [1.807, 2.05) is 0 Å². The van der Waals surface area contributed by atoms with Crippen molar-refractivity contribution in [1.82, 2.24) is 8.61 Å². The average Bonchev–Trinajstić information content (AvgIpc) is 2.99. The molecular formula is C15H26N2O2S6. The Bertz CT molecular complexity index is 363. The van der Waals surface area contributed by atoms with E-state index in [1.165, 1.54) is 118 Å². The van der Waals surface area contributed by atoms with Crippen LogP contribution in [0, 0.1) is 0 Å². The fourth-order valence-corrected chi connectivity index (χ4v) is 9.86. The quantitative estimate of drug-likeness (QED) is 0.180. The molecule has 4 nitrogen and oxygen atoms in total. The van der Waals surface area contributed by atoms with E-state index >= 15 is 0 Å². The molecule has 0 spiro atoms. The van der Waals surface area contributed by atoms with Gasteiger partial charge in [-0.2, -0.15) is 0 Å². The van der Waals surface area contributed by atoms with E-state index < -0.39 is 0 Å². The Morgan fingerprint density at radius 2 is 0.960 bits per heavy atom. The number of nitrogens with zero attached hydrogens (tertiary/aromatic N) is 2. The van der Waals surface area contributed by atoms with Gasteiger partial charge < -0.3 is 0 Å². The second-order valence-electron chi connectivity index (χ2n) is 5.89. The van der Waals surface area contributed by atoms with E-state index in [0.717, 1.165) is 31.3 Å². The molecule has 0 aromatic rings. The molecule has 2 rings (SSSR count). The number of rotatable bonds is 6. The largest absolute Gasteiger partial charge is 0.272 e. The molecule has 0 radical (unpaired) electrons. The van der Waals surface area contributed by atoms with E-state index in [-0.39, 0.29) is 8.89 Å². The summed E-state index contributed by atoms with van der Waals surface area (Å²) in [6, 6.07) is 0. The van der Waals surface area contributed by atoms with Crippen LogP contribution in [0.2, 0.25) is 0 Å². The minimum Gasteiger partial charge on any atom is -0.272 e. The highest BCUT2D eigenvalue weighted by Gasteiger charge is 2.16. The summed E-state index contributed by atoms with van der Waals surface area (Å²) in [5, 5.41) is 0.744. The smallest absolute Gasteiger partial charge is 0.271 e. The Hall–Kier alpha value is 1.36. The van der Waals surface area contributed by atoms with E-state index in [2.05, 4.69) is 8.61 Å². The van der Waals surface area contributed by atoms with Crippen molar-refractivity contribution in [2.24, 2.45) is 0 Å². The molecule has 25 heavy (non-hydrogen) atoms. The molecule has 10 heteroatoms. The monoisotopic (exact) mass is 458 g/mol. The molecule has 0 unspecified atom stereocenters. The third-order valence-corrected chi connectivity index (χ3v) is 11.6. The first-order valence-corrected chi connectivity index (χ1v) is 15.0. The summed E-state index contributed by atoms with van der Waals surface area (Å²) < 4.78 is 4.71. The van der Waals surface area contributed by atoms with Crippen molar-refractivity contribution < 1.29 is 9.59 Å². The summed E-state index contributed by atoms with van der Waals surface area (Å²) in [6.45, 7) is 4.09. The second-order valence-corrected chi connectivity index (χ2v) is 13.4. The first-order chi connectivity index (χ1) is 12.2. The normalized spacial score (nSPS) is 20.8. The van der Waals surface area contributed by atoms with E-state index in [4.69, 9.17) is 0 Å². The Labute approximate surface area is 175 Å². The van der Waals surface area contributed by atoms with Gasteiger partial charge in [0.25, 0.3) is 8.89 Å². The van der Waals surface area contributed by atoms with Crippen LogP contribution in [-0.2, 0) is 0 Å². The average molecular weight is 459 g/mol. The summed E-state index contributed by atoms with van der Waals surface area (Å²) in [6.07, 6.45) is 9.91. The molecule has 0 aliphatic carbocycles. The zero-order valence-electron chi connectivity index (χ0n) is 14.4. The van der Waals surface area contributed by atoms with Gasteiger partial charge in [0.15, 0.2) is 0 Å². The van der Waals surface area contributed by atoms with Crippen LogP contribution in [0.1, 0.15) is 51.4 Å².